The Morgan fingerprint density at radius 1 is 1.14 bits per heavy atom. The van der Waals surface area contributed by atoms with E-state index < -0.39 is 41.2 Å². The van der Waals surface area contributed by atoms with Crippen LogP contribution in [0.2, 0.25) is 0 Å². The average Bonchev–Trinajstić information content (AvgIpc) is 2.83. The first kappa shape index (κ1) is 19.3. The molecule has 0 spiro atoms. The summed E-state index contributed by atoms with van der Waals surface area (Å²) in [6, 6.07) is 3.32. The topological polar surface area (TPSA) is 110 Å². The summed E-state index contributed by atoms with van der Waals surface area (Å²) in [4.78, 5) is 61.2. The molecule has 1 unspecified atom stereocenters. The van der Waals surface area contributed by atoms with E-state index in [0.717, 1.165) is 4.90 Å². The van der Waals surface area contributed by atoms with E-state index in [2.05, 4.69) is 17.2 Å². The Balaban J connectivity index is 1.84. The maximum absolute atomic E-state index is 12.7. The molecule has 0 aromatic heterocycles. The minimum Gasteiger partial charge on any atom is -0.450 e. The number of rotatable bonds is 1. The number of ether oxygens (including phenoxy) is 1. The number of carbonyl (C=O) groups excluding carboxylic acids is 5. The van der Waals surface area contributed by atoms with Gasteiger partial charge in [0.1, 0.15) is 11.6 Å². The summed E-state index contributed by atoms with van der Waals surface area (Å²) in [6.07, 6.45) is 0.137. The van der Waals surface area contributed by atoms with Gasteiger partial charge in [-0.25, -0.2) is 4.79 Å². The number of nitrogens with zero attached hydrogens (tertiary/aromatic N) is 1. The molecule has 28 heavy (non-hydrogen) atoms. The first-order chi connectivity index (χ1) is 13.1. The number of nitrogens with one attached hydrogen (secondary N) is 1. The molecule has 3 rings (SSSR count). The lowest BCUT2D eigenvalue weighted by Gasteiger charge is -2.27. The van der Waals surface area contributed by atoms with Crippen LogP contribution in [-0.4, -0.2) is 46.1 Å². The van der Waals surface area contributed by atoms with Crippen LogP contribution in [0, 0.1) is 11.8 Å². The van der Waals surface area contributed by atoms with Crippen LogP contribution in [0.5, 0.6) is 0 Å². The van der Waals surface area contributed by atoms with Crippen LogP contribution in [0.4, 0.5) is 0 Å². The summed E-state index contributed by atoms with van der Waals surface area (Å²) >= 11 is 0. The highest BCUT2D eigenvalue weighted by Gasteiger charge is 2.44. The highest BCUT2D eigenvalue weighted by molar-refractivity contribution is 6.23. The Hall–Kier alpha value is -3.47. The van der Waals surface area contributed by atoms with E-state index in [0.29, 0.717) is 5.56 Å². The van der Waals surface area contributed by atoms with Gasteiger partial charge in [0.25, 0.3) is 11.8 Å². The first-order valence-electron chi connectivity index (χ1n) is 8.67. The maximum atomic E-state index is 12.7. The van der Waals surface area contributed by atoms with Crippen molar-refractivity contribution >= 4 is 29.6 Å². The third-order valence-corrected chi connectivity index (χ3v) is 4.15. The molecule has 1 atom stereocenters. The molecular weight excluding hydrogens is 364 g/mol. The van der Waals surface area contributed by atoms with Crippen molar-refractivity contribution in [2.45, 2.75) is 45.3 Å². The monoisotopic (exact) mass is 382 g/mol. The number of imide groups is 2. The minimum atomic E-state index is -1.03. The van der Waals surface area contributed by atoms with Crippen LogP contribution < -0.4 is 5.32 Å². The Morgan fingerprint density at radius 3 is 2.46 bits per heavy atom. The molecule has 2 aliphatic rings. The van der Waals surface area contributed by atoms with E-state index in [4.69, 9.17) is 4.74 Å². The summed E-state index contributed by atoms with van der Waals surface area (Å²) in [5, 5.41) is 2.14. The molecular formula is C20H18N2O6. The number of hydrogen-bond acceptors (Lipinski definition) is 6. The number of fused-ring (bicyclic) bond motifs is 1. The van der Waals surface area contributed by atoms with Crippen LogP contribution in [0.15, 0.2) is 18.2 Å². The minimum absolute atomic E-state index is 0.0520. The van der Waals surface area contributed by atoms with Crippen molar-refractivity contribution in [2.24, 2.45) is 0 Å². The number of amides is 4. The zero-order valence-electron chi connectivity index (χ0n) is 15.6. The predicted octanol–water partition coefficient (Wildman–Crippen LogP) is 0.781. The lowest BCUT2D eigenvalue weighted by Crippen LogP contribution is -2.54. The number of hydrogen-bond donors (Lipinski definition) is 1. The van der Waals surface area contributed by atoms with Gasteiger partial charge in [-0.3, -0.25) is 29.4 Å². The highest BCUT2D eigenvalue weighted by Crippen LogP contribution is 2.28. The van der Waals surface area contributed by atoms with Gasteiger partial charge in [0.2, 0.25) is 11.8 Å². The van der Waals surface area contributed by atoms with Gasteiger partial charge in [-0.05, 0) is 45.4 Å². The van der Waals surface area contributed by atoms with Crippen molar-refractivity contribution in [3.05, 3.63) is 34.9 Å². The molecule has 1 fully saturated rings. The van der Waals surface area contributed by atoms with Gasteiger partial charge >= 0.3 is 5.97 Å². The smallest absolute Gasteiger partial charge is 0.385 e. The van der Waals surface area contributed by atoms with Gasteiger partial charge in [0.15, 0.2) is 0 Å². The fourth-order valence-corrected chi connectivity index (χ4v) is 2.98. The standard InChI is InChI=1S/C20H18N2O6/c1-20(2,3)28-16(24)9-5-11-4-6-12-13(10-11)19(27)22(18(12)26)14-7-8-15(23)21-17(14)25/h4,6,10,14H,7-8H2,1-3H3,(H,21,23,25). The van der Waals surface area contributed by atoms with Crippen LogP contribution >= 0.6 is 0 Å². The zero-order chi connectivity index (χ0) is 20.6. The molecule has 1 N–H and O–H groups in total. The largest absolute Gasteiger partial charge is 0.450 e. The van der Waals surface area contributed by atoms with Crippen LogP contribution in [0.3, 0.4) is 0 Å². The lowest BCUT2D eigenvalue weighted by molar-refractivity contribution is -0.147. The second-order valence-corrected chi connectivity index (χ2v) is 7.46. The van der Waals surface area contributed by atoms with Crippen LogP contribution in [-0.2, 0) is 19.1 Å². The van der Waals surface area contributed by atoms with Crippen molar-refractivity contribution < 1.29 is 28.7 Å². The molecule has 0 saturated carbocycles. The van der Waals surface area contributed by atoms with Crippen molar-refractivity contribution in [3.63, 3.8) is 0 Å². The quantitative estimate of drug-likeness (QED) is 0.437. The molecule has 1 aromatic carbocycles. The van der Waals surface area contributed by atoms with E-state index in [-0.39, 0.29) is 24.0 Å². The van der Waals surface area contributed by atoms with E-state index in [1.807, 2.05) is 0 Å². The van der Waals surface area contributed by atoms with Crippen molar-refractivity contribution in [1.29, 1.82) is 0 Å². The second kappa shape index (κ2) is 6.93. The molecule has 0 radical (unpaired) electrons. The zero-order valence-corrected chi connectivity index (χ0v) is 15.6. The predicted molar refractivity (Wildman–Crippen MR) is 95.8 cm³/mol. The molecule has 0 aliphatic carbocycles. The van der Waals surface area contributed by atoms with Gasteiger partial charge in [-0.1, -0.05) is 5.92 Å². The number of esters is 1. The molecule has 144 valence electrons. The third-order valence-electron chi connectivity index (χ3n) is 4.15. The van der Waals surface area contributed by atoms with Gasteiger partial charge in [0.05, 0.1) is 11.1 Å². The molecule has 8 heteroatoms. The summed E-state index contributed by atoms with van der Waals surface area (Å²) in [5.74, 6) is 1.91. The van der Waals surface area contributed by atoms with E-state index in [1.165, 1.54) is 18.2 Å². The van der Waals surface area contributed by atoms with Gasteiger partial charge in [-0.15, -0.1) is 0 Å². The Bertz CT molecular complexity index is 977. The molecule has 1 aromatic rings. The SMILES string of the molecule is CC(C)(C)OC(=O)C#Cc1ccc2c(c1)C(=O)N(C1CCC(=O)NC1=O)C2=O. The fraction of sp³-hybridized carbons (Fsp3) is 0.350. The summed E-state index contributed by atoms with van der Waals surface area (Å²) in [5.41, 5.74) is -0.0618. The number of benzene rings is 1. The van der Waals surface area contributed by atoms with Gasteiger partial charge < -0.3 is 4.74 Å². The number of piperidine rings is 1. The Labute approximate surface area is 161 Å². The highest BCUT2D eigenvalue weighted by atomic mass is 16.6. The molecule has 8 nitrogen and oxygen atoms in total. The van der Waals surface area contributed by atoms with Crippen LogP contribution in [0.1, 0.15) is 59.9 Å². The van der Waals surface area contributed by atoms with Crippen molar-refractivity contribution in [3.8, 4) is 11.8 Å². The summed E-state index contributed by atoms with van der Waals surface area (Å²) in [7, 11) is 0. The molecule has 2 heterocycles. The second-order valence-electron chi connectivity index (χ2n) is 7.46. The lowest BCUT2D eigenvalue weighted by atomic mass is 10.0. The Kier molecular flexibility index (Phi) is 4.77. The van der Waals surface area contributed by atoms with Gasteiger partial charge in [0, 0.05) is 17.9 Å². The summed E-state index contributed by atoms with van der Waals surface area (Å²) in [6.45, 7) is 5.15. The fourth-order valence-electron chi connectivity index (χ4n) is 2.98. The summed E-state index contributed by atoms with van der Waals surface area (Å²) < 4.78 is 5.09. The average molecular weight is 382 g/mol. The molecule has 4 amide bonds. The van der Waals surface area contributed by atoms with Crippen LogP contribution in [0.25, 0.3) is 0 Å². The van der Waals surface area contributed by atoms with Crippen molar-refractivity contribution in [2.75, 3.05) is 0 Å². The van der Waals surface area contributed by atoms with E-state index >= 15 is 0 Å². The normalized spacial score (nSPS) is 19.0. The molecule has 1 saturated heterocycles. The number of carbonyl (C=O) groups is 5. The van der Waals surface area contributed by atoms with Crippen molar-refractivity contribution in [1.82, 2.24) is 10.2 Å². The molecule has 0 bridgehead atoms. The van der Waals surface area contributed by atoms with E-state index in [9.17, 15) is 24.0 Å². The van der Waals surface area contributed by atoms with Gasteiger partial charge in [-0.2, -0.15) is 0 Å². The van der Waals surface area contributed by atoms with E-state index in [1.54, 1.807) is 20.8 Å². The maximum Gasteiger partial charge on any atom is 0.385 e. The Morgan fingerprint density at radius 2 is 1.82 bits per heavy atom. The molecule has 2 aliphatic heterocycles. The first-order valence-corrected chi connectivity index (χ1v) is 8.67. The third kappa shape index (κ3) is 3.78.